The summed E-state index contributed by atoms with van der Waals surface area (Å²) in [6.07, 6.45) is 4.36. The molecule has 0 aromatic heterocycles. The van der Waals surface area contributed by atoms with Crippen LogP contribution in [0.5, 0.6) is 0 Å². The molecule has 1 amide bonds. The van der Waals surface area contributed by atoms with E-state index in [0.29, 0.717) is 6.04 Å². The number of carbonyl (C=O) groups is 2. The van der Waals surface area contributed by atoms with E-state index >= 15 is 0 Å². The zero-order chi connectivity index (χ0) is 14.0. The van der Waals surface area contributed by atoms with Crippen molar-refractivity contribution in [2.24, 2.45) is 23.7 Å². The van der Waals surface area contributed by atoms with Gasteiger partial charge >= 0.3 is 5.97 Å². The lowest BCUT2D eigenvalue weighted by molar-refractivity contribution is -0.149. The van der Waals surface area contributed by atoms with E-state index in [1.807, 2.05) is 4.90 Å². The third-order valence-corrected chi connectivity index (χ3v) is 7.09. The maximum Gasteiger partial charge on any atom is 0.310 e. The molecular weight excluding hydrogens is 322 g/mol. The summed E-state index contributed by atoms with van der Waals surface area (Å²) in [4.78, 5) is 27.3. The van der Waals surface area contributed by atoms with Crippen molar-refractivity contribution in [3.8, 4) is 0 Å². The van der Waals surface area contributed by atoms with Crippen molar-refractivity contribution >= 4 is 27.8 Å². The summed E-state index contributed by atoms with van der Waals surface area (Å²) in [5.74, 6) is 0.314. The van der Waals surface area contributed by atoms with Crippen molar-refractivity contribution in [3.05, 3.63) is 0 Å². The van der Waals surface area contributed by atoms with Crippen LogP contribution in [0.4, 0.5) is 0 Å². The van der Waals surface area contributed by atoms with Gasteiger partial charge in [0.1, 0.15) is 6.10 Å². The quantitative estimate of drug-likeness (QED) is 0.541. The Kier molecular flexibility index (Phi) is 2.92. The van der Waals surface area contributed by atoms with Crippen molar-refractivity contribution in [2.45, 2.75) is 49.6 Å². The van der Waals surface area contributed by atoms with E-state index in [9.17, 15) is 9.59 Å². The Morgan fingerprint density at radius 3 is 2.90 bits per heavy atom. The minimum absolute atomic E-state index is 0.0142. The molecule has 20 heavy (non-hydrogen) atoms. The minimum atomic E-state index is -0.166. The fourth-order valence-electron chi connectivity index (χ4n) is 4.93. The number of halogens is 1. The Bertz CT molecular complexity index is 468. The van der Waals surface area contributed by atoms with E-state index in [4.69, 9.17) is 4.74 Å². The number of amides is 1. The first-order valence-corrected chi connectivity index (χ1v) is 8.66. The van der Waals surface area contributed by atoms with Gasteiger partial charge in [0.2, 0.25) is 5.91 Å². The lowest BCUT2D eigenvalue weighted by atomic mass is 9.78. The van der Waals surface area contributed by atoms with Crippen LogP contribution in [0.15, 0.2) is 0 Å². The monoisotopic (exact) mass is 341 g/mol. The average molecular weight is 342 g/mol. The third kappa shape index (κ3) is 1.59. The zero-order valence-electron chi connectivity index (χ0n) is 11.6. The smallest absolute Gasteiger partial charge is 0.310 e. The number of hydrogen-bond acceptors (Lipinski definition) is 3. The predicted molar refractivity (Wildman–Crippen MR) is 76.2 cm³/mol. The van der Waals surface area contributed by atoms with Gasteiger partial charge in [-0.15, -0.1) is 0 Å². The molecule has 7 atom stereocenters. The van der Waals surface area contributed by atoms with Gasteiger partial charge in [0.25, 0.3) is 0 Å². The summed E-state index contributed by atoms with van der Waals surface area (Å²) >= 11 is 3.68. The Hall–Kier alpha value is -0.580. The molecule has 0 radical (unpaired) electrons. The molecule has 4 fully saturated rings. The van der Waals surface area contributed by atoms with Gasteiger partial charge in [-0.1, -0.05) is 15.9 Å². The van der Waals surface area contributed by atoms with Gasteiger partial charge in [0.15, 0.2) is 0 Å². The average Bonchev–Trinajstić information content (AvgIpc) is 3.02. The van der Waals surface area contributed by atoms with Crippen LogP contribution in [0.25, 0.3) is 0 Å². The Balaban J connectivity index is 1.62. The highest BCUT2D eigenvalue weighted by Gasteiger charge is 2.68. The van der Waals surface area contributed by atoms with Gasteiger partial charge in [-0.25, -0.2) is 0 Å². The lowest BCUT2D eigenvalue weighted by Crippen LogP contribution is -2.50. The van der Waals surface area contributed by atoms with Crippen LogP contribution < -0.4 is 0 Å². The van der Waals surface area contributed by atoms with Crippen LogP contribution in [0.3, 0.4) is 0 Å². The van der Waals surface area contributed by atoms with Gasteiger partial charge in [0.05, 0.1) is 16.7 Å². The summed E-state index contributed by atoms with van der Waals surface area (Å²) in [5, 5.41) is 0. The Morgan fingerprint density at radius 2 is 2.15 bits per heavy atom. The van der Waals surface area contributed by atoms with Crippen molar-refractivity contribution in [2.75, 3.05) is 6.54 Å². The van der Waals surface area contributed by atoms with Crippen LogP contribution in [0.1, 0.15) is 32.6 Å². The molecule has 2 aliphatic heterocycles. The zero-order valence-corrected chi connectivity index (χ0v) is 13.2. The molecule has 0 aromatic carbocycles. The molecule has 4 rings (SSSR count). The maximum atomic E-state index is 13.0. The molecule has 2 heterocycles. The summed E-state index contributed by atoms with van der Waals surface area (Å²) in [6.45, 7) is 2.98. The number of alkyl halides is 1. The first kappa shape index (κ1) is 13.1. The predicted octanol–water partition coefficient (Wildman–Crippen LogP) is 1.96. The highest BCUT2D eigenvalue weighted by atomic mass is 79.9. The van der Waals surface area contributed by atoms with Crippen LogP contribution in [-0.4, -0.2) is 40.3 Å². The van der Waals surface area contributed by atoms with Crippen LogP contribution >= 0.6 is 15.9 Å². The molecule has 0 N–H and O–H groups in total. The molecule has 4 nitrogen and oxygen atoms in total. The summed E-state index contributed by atoms with van der Waals surface area (Å²) in [7, 11) is 0. The number of carbonyl (C=O) groups excluding carboxylic acids is 2. The molecule has 2 bridgehead atoms. The summed E-state index contributed by atoms with van der Waals surface area (Å²) in [5.41, 5.74) is 0. The molecule has 110 valence electrons. The van der Waals surface area contributed by atoms with Gasteiger partial charge in [-0.05, 0) is 38.5 Å². The maximum absolute atomic E-state index is 13.0. The normalized spacial score (nSPS) is 49.6. The molecular formula is C15H20BrNO3. The Morgan fingerprint density at radius 1 is 1.35 bits per heavy atom. The van der Waals surface area contributed by atoms with Gasteiger partial charge in [0, 0.05) is 18.5 Å². The molecule has 2 saturated heterocycles. The van der Waals surface area contributed by atoms with E-state index in [-0.39, 0.29) is 46.5 Å². The van der Waals surface area contributed by atoms with Crippen molar-refractivity contribution in [1.82, 2.24) is 4.90 Å². The van der Waals surface area contributed by atoms with Crippen LogP contribution in [0, 0.1) is 23.7 Å². The van der Waals surface area contributed by atoms with E-state index in [0.717, 1.165) is 25.8 Å². The number of rotatable bonds is 1. The highest BCUT2D eigenvalue weighted by Crippen LogP contribution is 2.60. The van der Waals surface area contributed by atoms with Gasteiger partial charge in [-0.2, -0.15) is 0 Å². The Labute approximate surface area is 127 Å². The SMILES string of the molecule is CC1CCCCN1C(=O)C1C2CC3C(OC(=O)C31)C2Br. The number of ether oxygens (including phenoxy) is 1. The van der Waals surface area contributed by atoms with E-state index in [2.05, 4.69) is 22.9 Å². The third-order valence-electron chi connectivity index (χ3n) is 5.89. The lowest BCUT2D eigenvalue weighted by Gasteiger charge is -2.38. The first-order chi connectivity index (χ1) is 9.59. The number of nitrogens with zero attached hydrogens (tertiary/aromatic N) is 1. The van der Waals surface area contributed by atoms with Gasteiger partial charge in [-0.3, -0.25) is 9.59 Å². The first-order valence-electron chi connectivity index (χ1n) is 7.74. The molecule has 7 unspecified atom stereocenters. The van der Waals surface area contributed by atoms with E-state index in [1.165, 1.54) is 6.42 Å². The fraction of sp³-hybridized carbons (Fsp3) is 0.867. The fourth-order valence-corrected chi connectivity index (χ4v) is 5.97. The molecule has 5 heteroatoms. The molecule has 2 saturated carbocycles. The molecule has 4 aliphatic rings. The molecule has 0 aromatic rings. The van der Waals surface area contributed by atoms with Crippen molar-refractivity contribution in [1.29, 1.82) is 0 Å². The second-order valence-electron chi connectivity index (χ2n) is 6.84. The second kappa shape index (κ2) is 4.46. The minimum Gasteiger partial charge on any atom is -0.461 e. The van der Waals surface area contributed by atoms with Crippen molar-refractivity contribution in [3.63, 3.8) is 0 Å². The van der Waals surface area contributed by atoms with Crippen molar-refractivity contribution < 1.29 is 14.3 Å². The molecule has 2 aliphatic carbocycles. The number of hydrogen-bond donors (Lipinski definition) is 0. The topological polar surface area (TPSA) is 46.6 Å². The number of likely N-dealkylation sites (tertiary alicyclic amines) is 1. The summed E-state index contributed by atoms with van der Waals surface area (Å²) < 4.78 is 5.49. The summed E-state index contributed by atoms with van der Waals surface area (Å²) in [6, 6.07) is 0.317. The number of esters is 1. The second-order valence-corrected chi connectivity index (χ2v) is 7.89. The number of piperidine rings is 1. The molecule has 0 spiro atoms. The largest absolute Gasteiger partial charge is 0.461 e. The highest BCUT2D eigenvalue weighted by molar-refractivity contribution is 9.09. The van der Waals surface area contributed by atoms with Gasteiger partial charge < -0.3 is 9.64 Å². The van der Waals surface area contributed by atoms with Crippen LogP contribution in [-0.2, 0) is 14.3 Å². The van der Waals surface area contributed by atoms with E-state index < -0.39 is 0 Å². The van der Waals surface area contributed by atoms with Crippen LogP contribution in [0.2, 0.25) is 0 Å². The van der Waals surface area contributed by atoms with E-state index in [1.54, 1.807) is 0 Å². The standard InChI is InChI=1S/C15H20BrNO3/c1-7-4-2-3-5-17(7)14(18)10-8-6-9-11(10)15(19)20-13(9)12(8)16/h7-13H,2-6H2,1H3. The number of fused-ring (bicyclic) bond motifs is 1.